The quantitative estimate of drug-likeness (QED) is 0.885. The Morgan fingerprint density at radius 2 is 1.84 bits per heavy atom. The Bertz CT molecular complexity index is 704. The molecule has 0 saturated carbocycles. The maximum Gasteiger partial charge on any atom is 0.287 e. The summed E-state index contributed by atoms with van der Waals surface area (Å²) < 4.78 is 11.4. The zero-order valence-electron chi connectivity index (χ0n) is 14.5. The zero-order valence-corrected chi connectivity index (χ0v) is 15.3. The minimum absolute atomic E-state index is 0.199. The van der Waals surface area contributed by atoms with Gasteiger partial charge in [-0.1, -0.05) is 11.6 Å². The maximum atomic E-state index is 12.2. The lowest BCUT2D eigenvalue weighted by Gasteiger charge is -2.35. The Hall–Kier alpha value is -1.82. The average Bonchev–Trinajstić information content (AvgIpc) is 3.04. The highest BCUT2D eigenvalue weighted by molar-refractivity contribution is 6.30. The molecule has 0 radical (unpaired) electrons. The van der Waals surface area contributed by atoms with Crippen LogP contribution in [-0.2, 0) is 4.74 Å². The van der Waals surface area contributed by atoms with Gasteiger partial charge in [0, 0.05) is 36.8 Å². The third-order valence-electron chi connectivity index (χ3n) is 4.17. The molecule has 2 heterocycles. The molecular weight excluding hydrogens is 340 g/mol. The number of nitrogens with one attached hydrogen (secondary N) is 1. The summed E-state index contributed by atoms with van der Waals surface area (Å²) in [7, 11) is 0. The van der Waals surface area contributed by atoms with E-state index in [1.807, 2.05) is 12.1 Å². The molecule has 0 unspecified atom stereocenters. The molecule has 0 aliphatic carbocycles. The summed E-state index contributed by atoms with van der Waals surface area (Å²) >= 11 is 5.89. The lowest BCUT2D eigenvalue weighted by atomic mass is 10.2. The molecule has 0 spiro atoms. The van der Waals surface area contributed by atoms with Gasteiger partial charge in [0.05, 0.1) is 12.2 Å². The highest BCUT2D eigenvalue weighted by Crippen LogP contribution is 2.23. The highest BCUT2D eigenvalue weighted by atomic mass is 35.5. The van der Waals surface area contributed by atoms with Crippen LogP contribution in [0.3, 0.4) is 0 Å². The number of rotatable bonds is 5. The molecule has 1 fully saturated rings. The van der Waals surface area contributed by atoms with Crippen LogP contribution < -0.4 is 5.32 Å². The van der Waals surface area contributed by atoms with Crippen LogP contribution in [0.25, 0.3) is 11.3 Å². The first-order chi connectivity index (χ1) is 12.0. The van der Waals surface area contributed by atoms with Crippen molar-refractivity contribution in [2.45, 2.75) is 26.1 Å². The van der Waals surface area contributed by atoms with E-state index in [2.05, 4.69) is 24.1 Å². The van der Waals surface area contributed by atoms with Gasteiger partial charge < -0.3 is 14.5 Å². The monoisotopic (exact) mass is 362 g/mol. The van der Waals surface area contributed by atoms with E-state index in [9.17, 15) is 4.79 Å². The van der Waals surface area contributed by atoms with E-state index >= 15 is 0 Å². The van der Waals surface area contributed by atoms with E-state index in [0.717, 1.165) is 25.2 Å². The van der Waals surface area contributed by atoms with Crippen molar-refractivity contribution in [3.05, 3.63) is 47.2 Å². The van der Waals surface area contributed by atoms with Gasteiger partial charge in [-0.25, -0.2) is 0 Å². The van der Waals surface area contributed by atoms with Crippen LogP contribution in [0, 0.1) is 0 Å². The molecule has 134 valence electrons. The summed E-state index contributed by atoms with van der Waals surface area (Å²) in [6, 6.07) is 10.8. The second-order valence-electron chi connectivity index (χ2n) is 6.44. The van der Waals surface area contributed by atoms with Gasteiger partial charge in [-0.2, -0.15) is 0 Å². The molecule has 5 nitrogen and oxygen atoms in total. The number of hydrogen-bond acceptors (Lipinski definition) is 4. The predicted molar refractivity (Wildman–Crippen MR) is 97.9 cm³/mol. The fraction of sp³-hybridized carbons (Fsp3) is 0.421. The summed E-state index contributed by atoms with van der Waals surface area (Å²) in [5.74, 6) is 0.765. The normalized spacial score (nSPS) is 21.2. The molecule has 3 rings (SSSR count). The molecule has 25 heavy (non-hydrogen) atoms. The molecule has 1 amide bonds. The number of carbonyl (C=O) groups is 1. The van der Waals surface area contributed by atoms with Crippen molar-refractivity contribution in [1.82, 2.24) is 10.2 Å². The summed E-state index contributed by atoms with van der Waals surface area (Å²) in [4.78, 5) is 14.6. The van der Waals surface area contributed by atoms with Gasteiger partial charge in [0.25, 0.3) is 5.91 Å². The van der Waals surface area contributed by atoms with Gasteiger partial charge in [0.15, 0.2) is 5.76 Å². The molecule has 2 aromatic rings. The Morgan fingerprint density at radius 1 is 1.16 bits per heavy atom. The summed E-state index contributed by atoms with van der Waals surface area (Å²) in [6.45, 7) is 7.30. The molecule has 1 aromatic heterocycles. The number of hydrogen-bond donors (Lipinski definition) is 1. The molecule has 0 bridgehead atoms. The zero-order chi connectivity index (χ0) is 17.8. The van der Waals surface area contributed by atoms with Crippen molar-refractivity contribution < 1.29 is 13.9 Å². The SMILES string of the molecule is C[C@@H]1CN(CCNC(=O)c2ccc(-c3ccc(Cl)cc3)o2)C[C@@H](C)O1. The van der Waals surface area contributed by atoms with Crippen LogP contribution in [-0.4, -0.2) is 49.2 Å². The molecule has 1 saturated heterocycles. The van der Waals surface area contributed by atoms with Crippen molar-refractivity contribution in [2.75, 3.05) is 26.2 Å². The lowest BCUT2D eigenvalue weighted by molar-refractivity contribution is -0.0672. The van der Waals surface area contributed by atoms with Crippen molar-refractivity contribution in [3.63, 3.8) is 0 Å². The highest BCUT2D eigenvalue weighted by Gasteiger charge is 2.22. The van der Waals surface area contributed by atoms with Crippen LogP contribution in [0.1, 0.15) is 24.4 Å². The van der Waals surface area contributed by atoms with Gasteiger partial charge in [-0.3, -0.25) is 9.69 Å². The van der Waals surface area contributed by atoms with Gasteiger partial charge in [-0.15, -0.1) is 0 Å². The number of nitrogens with zero attached hydrogens (tertiary/aromatic N) is 1. The number of furan rings is 1. The van der Waals surface area contributed by atoms with Gasteiger partial charge in [0.2, 0.25) is 0 Å². The van der Waals surface area contributed by atoms with E-state index < -0.39 is 0 Å². The van der Waals surface area contributed by atoms with E-state index in [4.69, 9.17) is 20.8 Å². The van der Waals surface area contributed by atoms with Crippen LogP contribution in [0.2, 0.25) is 5.02 Å². The molecule has 1 aliphatic rings. The summed E-state index contributed by atoms with van der Waals surface area (Å²) in [5.41, 5.74) is 0.889. The maximum absolute atomic E-state index is 12.2. The van der Waals surface area contributed by atoms with E-state index in [1.165, 1.54) is 0 Å². The molecule has 2 atom stereocenters. The Kier molecular flexibility index (Phi) is 5.78. The van der Waals surface area contributed by atoms with Gasteiger partial charge in [0.1, 0.15) is 5.76 Å². The Morgan fingerprint density at radius 3 is 2.52 bits per heavy atom. The van der Waals surface area contributed by atoms with Gasteiger partial charge >= 0.3 is 0 Å². The predicted octanol–water partition coefficient (Wildman–Crippen LogP) is 3.44. The number of ether oxygens (including phenoxy) is 1. The first-order valence-electron chi connectivity index (χ1n) is 8.53. The number of benzene rings is 1. The lowest BCUT2D eigenvalue weighted by Crippen LogP contribution is -2.47. The fourth-order valence-corrected chi connectivity index (χ4v) is 3.24. The molecular formula is C19H23ClN2O3. The van der Waals surface area contributed by atoms with Gasteiger partial charge in [-0.05, 0) is 50.2 Å². The number of carbonyl (C=O) groups excluding carboxylic acids is 1. The van der Waals surface area contributed by atoms with Crippen LogP contribution in [0.5, 0.6) is 0 Å². The minimum atomic E-state index is -0.199. The third kappa shape index (κ3) is 4.84. The van der Waals surface area contributed by atoms with Crippen LogP contribution in [0.4, 0.5) is 0 Å². The van der Waals surface area contributed by atoms with Crippen LogP contribution in [0.15, 0.2) is 40.8 Å². The van der Waals surface area contributed by atoms with E-state index in [-0.39, 0.29) is 18.1 Å². The van der Waals surface area contributed by atoms with E-state index in [1.54, 1.807) is 24.3 Å². The molecule has 1 aromatic carbocycles. The van der Waals surface area contributed by atoms with Crippen molar-refractivity contribution in [1.29, 1.82) is 0 Å². The van der Waals surface area contributed by atoms with Crippen molar-refractivity contribution in [3.8, 4) is 11.3 Å². The summed E-state index contributed by atoms with van der Waals surface area (Å²) in [6.07, 6.45) is 0.456. The van der Waals surface area contributed by atoms with Crippen molar-refractivity contribution in [2.24, 2.45) is 0 Å². The van der Waals surface area contributed by atoms with Crippen molar-refractivity contribution >= 4 is 17.5 Å². The topological polar surface area (TPSA) is 54.7 Å². The molecule has 1 aliphatic heterocycles. The molecule has 6 heteroatoms. The number of morpholine rings is 1. The minimum Gasteiger partial charge on any atom is -0.451 e. The first-order valence-corrected chi connectivity index (χ1v) is 8.91. The largest absolute Gasteiger partial charge is 0.451 e. The van der Waals surface area contributed by atoms with E-state index in [0.29, 0.717) is 23.1 Å². The Labute approximate surface area is 152 Å². The third-order valence-corrected chi connectivity index (χ3v) is 4.42. The standard InChI is InChI=1S/C19H23ClN2O3/c1-13-11-22(12-14(2)24-13)10-9-21-19(23)18-8-7-17(25-18)15-3-5-16(20)6-4-15/h3-8,13-14H,9-12H2,1-2H3,(H,21,23)/t13-,14-/m1/s1. The first kappa shape index (κ1) is 18.0. The molecule has 1 N–H and O–H groups in total. The smallest absolute Gasteiger partial charge is 0.287 e. The second kappa shape index (κ2) is 8.04. The number of halogens is 1. The second-order valence-corrected chi connectivity index (χ2v) is 6.88. The summed E-state index contributed by atoms with van der Waals surface area (Å²) in [5, 5.41) is 3.58. The number of amides is 1. The Balaban J connectivity index is 1.51. The average molecular weight is 363 g/mol. The fourth-order valence-electron chi connectivity index (χ4n) is 3.11. The van der Waals surface area contributed by atoms with Crippen LogP contribution >= 0.6 is 11.6 Å².